The SMILES string of the molecule is CN(CC(=O)N1c2ccccc2NC(=O)CC1C(F)(F)F)Cc1c(F)cccc1Cl. The van der Waals surface area contributed by atoms with Gasteiger partial charge in [-0.05, 0) is 31.3 Å². The predicted octanol–water partition coefficient (Wildman–Crippen LogP) is 4.22. The quantitative estimate of drug-likeness (QED) is 0.720. The summed E-state index contributed by atoms with van der Waals surface area (Å²) in [5, 5.41) is 2.55. The first kappa shape index (κ1) is 22.0. The summed E-state index contributed by atoms with van der Waals surface area (Å²) in [4.78, 5) is 26.9. The largest absolute Gasteiger partial charge is 0.409 e. The zero-order chi connectivity index (χ0) is 22.1. The number of amides is 2. The fraction of sp³-hybridized carbons (Fsp3) is 0.300. The molecular formula is C20H18ClF4N3O2. The van der Waals surface area contributed by atoms with Gasteiger partial charge in [0.25, 0.3) is 0 Å². The molecule has 1 aliphatic rings. The van der Waals surface area contributed by atoms with Crippen molar-refractivity contribution in [2.75, 3.05) is 23.8 Å². The van der Waals surface area contributed by atoms with E-state index in [1.54, 1.807) is 6.07 Å². The number of nitrogens with zero attached hydrogens (tertiary/aromatic N) is 2. The fourth-order valence-electron chi connectivity index (χ4n) is 3.31. The van der Waals surface area contributed by atoms with Gasteiger partial charge in [-0.2, -0.15) is 13.2 Å². The molecule has 1 atom stereocenters. The number of fused-ring (bicyclic) bond motifs is 1. The lowest BCUT2D eigenvalue weighted by atomic mass is 10.1. The number of likely N-dealkylation sites (N-methyl/N-ethyl adjacent to an activating group) is 1. The van der Waals surface area contributed by atoms with E-state index in [2.05, 4.69) is 5.32 Å². The number of halogens is 5. The number of benzene rings is 2. The van der Waals surface area contributed by atoms with Crippen molar-refractivity contribution in [1.82, 2.24) is 4.90 Å². The van der Waals surface area contributed by atoms with Gasteiger partial charge in [0.15, 0.2) is 0 Å². The number of hydrogen-bond donors (Lipinski definition) is 1. The van der Waals surface area contributed by atoms with E-state index >= 15 is 0 Å². The average Bonchev–Trinajstić information content (AvgIpc) is 2.80. The van der Waals surface area contributed by atoms with Crippen LogP contribution in [0.25, 0.3) is 0 Å². The molecule has 1 unspecified atom stereocenters. The minimum absolute atomic E-state index is 0.0481. The van der Waals surface area contributed by atoms with Gasteiger partial charge in [-0.1, -0.05) is 29.8 Å². The van der Waals surface area contributed by atoms with Crippen molar-refractivity contribution < 1.29 is 27.2 Å². The van der Waals surface area contributed by atoms with E-state index in [1.165, 1.54) is 48.3 Å². The monoisotopic (exact) mass is 443 g/mol. The summed E-state index contributed by atoms with van der Waals surface area (Å²) in [6, 6.07) is 7.59. The number of rotatable bonds is 4. The Morgan fingerprint density at radius 2 is 1.93 bits per heavy atom. The molecule has 1 heterocycles. The highest BCUT2D eigenvalue weighted by atomic mass is 35.5. The van der Waals surface area contributed by atoms with E-state index in [9.17, 15) is 27.2 Å². The van der Waals surface area contributed by atoms with Crippen LogP contribution in [0.1, 0.15) is 12.0 Å². The van der Waals surface area contributed by atoms with Crippen LogP contribution in [0.15, 0.2) is 42.5 Å². The van der Waals surface area contributed by atoms with E-state index in [4.69, 9.17) is 11.6 Å². The molecule has 2 aromatic rings. The topological polar surface area (TPSA) is 52.7 Å². The first-order valence-electron chi connectivity index (χ1n) is 8.97. The summed E-state index contributed by atoms with van der Waals surface area (Å²) < 4.78 is 55.2. The number of anilines is 2. The van der Waals surface area contributed by atoms with E-state index in [0.717, 1.165) is 0 Å². The van der Waals surface area contributed by atoms with Crippen molar-refractivity contribution in [2.24, 2.45) is 0 Å². The van der Waals surface area contributed by atoms with Gasteiger partial charge in [0.1, 0.15) is 11.9 Å². The van der Waals surface area contributed by atoms with Crippen LogP contribution in [-0.2, 0) is 16.1 Å². The van der Waals surface area contributed by atoms with Crippen LogP contribution in [-0.4, -0.2) is 42.5 Å². The molecule has 2 amide bonds. The van der Waals surface area contributed by atoms with Crippen LogP contribution in [0.3, 0.4) is 0 Å². The summed E-state index contributed by atoms with van der Waals surface area (Å²) in [6.07, 6.45) is -5.75. The Morgan fingerprint density at radius 3 is 2.60 bits per heavy atom. The lowest BCUT2D eigenvalue weighted by molar-refractivity contribution is -0.158. The highest BCUT2D eigenvalue weighted by molar-refractivity contribution is 6.31. The number of alkyl halides is 3. The molecule has 0 bridgehead atoms. The Balaban J connectivity index is 1.90. The number of para-hydroxylation sites is 2. The van der Waals surface area contributed by atoms with E-state index in [0.29, 0.717) is 4.90 Å². The molecule has 0 aliphatic carbocycles. The van der Waals surface area contributed by atoms with Gasteiger partial charge in [-0.3, -0.25) is 19.4 Å². The van der Waals surface area contributed by atoms with Crippen molar-refractivity contribution in [1.29, 1.82) is 0 Å². The molecule has 30 heavy (non-hydrogen) atoms. The zero-order valence-electron chi connectivity index (χ0n) is 15.8. The lowest BCUT2D eigenvalue weighted by Gasteiger charge is -2.33. The molecule has 0 saturated carbocycles. The van der Waals surface area contributed by atoms with Crippen LogP contribution in [0.4, 0.5) is 28.9 Å². The standard InChI is InChI=1S/C20H18ClF4N3O2/c1-27(10-12-13(21)5-4-6-14(12)22)11-19(30)28-16-8-3-2-7-15(16)26-18(29)9-17(28)20(23,24)25/h2-8,17H,9-11H2,1H3,(H,26,29). The van der Waals surface area contributed by atoms with Crippen molar-refractivity contribution in [2.45, 2.75) is 25.2 Å². The maximum atomic E-state index is 14.0. The second kappa shape index (κ2) is 8.61. The fourth-order valence-corrected chi connectivity index (χ4v) is 3.53. The molecule has 10 heteroatoms. The molecule has 3 rings (SSSR count). The summed E-state index contributed by atoms with van der Waals surface area (Å²) in [5.74, 6) is -2.30. The third kappa shape index (κ3) is 4.73. The van der Waals surface area contributed by atoms with Crippen LogP contribution < -0.4 is 10.2 Å². The van der Waals surface area contributed by atoms with E-state index < -0.39 is 42.8 Å². The molecular weight excluding hydrogens is 426 g/mol. The van der Waals surface area contributed by atoms with Gasteiger partial charge < -0.3 is 5.32 Å². The minimum atomic E-state index is -4.82. The van der Waals surface area contributed by atoms with Crippen LogP contribution in [0, 0.1) is 5.82 Å². The lowest BCUT2D eigenvalue weighted by Crippen LogP contribution is -2.52. The second-order valence-electron chi connectivity index (χ2n) is 6.96. The predicted molar refractivity (Wildman–Crippen MR) is 105 cm³/mol. The first-order chi connectivity index (χ1) is 14.1. The highest BCUT2D eigenvalue weighted by Gasteiger charge is 2.49. The molecule has 0 saturated heterocycles. The Kier molecular flexibility index (Phi) is 6.33. The zero-order valence-corrected chi connectivity index (χ0v) is 16.6. The maximum Gasteiger partial charge on any atom is 0.409 e. The number of hydrogen-bond acceptors (Lipinski definition) is 3. The number of carbonyl (C=O) groups is 2. The summed E-state index contributed by atoms with van der Waals surface area (Å²) in [7, 11) is 1.47. The summed E-state index contributed by atoms with van der Waals surface area (Å²) in [6.45, 7) is -0.527. The molecule has 1 N–H and O–H groups in total. The van der Waals surface area contributed by atoms with Crippen LogP contribution >= 0.6 is 11.6 Å². The van der Waals surface area contributed by atoms with Gasteiger partial charge in [-0.25, -0.2) is 4.39 Å². The average molecular weight is 444 g/mol. The molecule has 0 fully saturated rings. The van der Waals surface area contributed by atoms with Crippen LogP contribution in [0.5, 0.6) is 0 Å². The molecule has 0 aromatic heterocycles. The third-order valence-electron chi connectivity index (χ3n) is 4.67. The molecule has 160 valence electrons. The molecule has 0 spiro atoms. The smallest absolute Gasteiger partial charge is 0.324 e. The van der Waals surface area contributed by atoms with Crippen molar-refractivity contribution in [3.8, 4) is 0 Å². The summed E-state index contributed by atoms with van der Waals surface area (Å²) >= 11 is 5.99. The third-order valence-corrected chi connectivity index (χ3v) is 5.02. The maximum absolute atomic E-state index is 14.0. The molecule has 0 radical (unpaired) electrons. The normalized spacial score (nSPS) is 16.8. The van der Waals surface area contributed by atoms with Gasteiger partial charge in [0.05, 0.1) is 24.3 Å². The molecule has 1 aliphatic heterocycles. The second-order valence-corrected chi connectivity index (χ2v) is 7.37. The molecule has 2 aromatic carbocycles. The van der Waals surface area contributed by atoms with E-state index in [1.807, 2.05) is 0 Å². The van der Waals surface area contributed by atoms with Gasteiger partial charge in [0.2, 0.25) is 11.8 Å². The van der Waals surface area contributed by atoms with Crippen LogP contribution in [0.2, 0.25) is 5.02 Å². The van der Waals surface area contributed by atoms with Crippen molar-refractivity contribution in [3.63, 3.8) is 0 Å². The Labute approximate surface area is 175 Å². The van der Waals surface area contributed by atoms with Crippen molar-refractivity contribution in [3.05, 3.63) is 58.9 Å². The van der Waals surface area contributed by atoms with E-state index in [-0.39, 0.29) is 28.5 Å². The minimum Gasteiger partial charge on any atom is -0.324 e. The number of carbonyl (C=O) groups excluding carboxylic acids is 2. The first-order valence-corrected chi connectivity index (χ1v) is 9.35. The van der Waals surface area contributed by atoms with Gasteiger partial charge >= 0.3 is 6.18 Å². The number of nitrogens with one attached hydrogen (secondary N) is 1. The Bertz CT molecular complexity index is 947. The summed E-state index contributed by atoms with van der Waals surface area (Å²) in [5.41, 5.74) is 0.199. The molecule has 5 nitrogen and oxygen atoms in total. The van der Waals surface area contributed by atoms with Crippen molar-refractivity contribution >= 4 is 34.8 Å². The van der Waals surface area contributed by atoms with Gasteiger partial charge in [-0.15, -0.1) is 0 Å². The Hall–Kier alpha value is -2.65. The Morgan fingerprint density at radius 1 is 1.23 bits per heavy atom. The highest BCUT2D eigenvalue weighted by Crippen LogP contribution is 2.37. The van der Waals surface area contributed by atoms with Gasteiger partial charge in [0, 0.05) is 17.1 Å².